The molecule has 1 unspecified atom stereocenters. The second kappa shape index (κ2) is 6.51. The quantitative estimate of drug-likeness (QED) is 0.320. The fraction of sp³-hybridized carbons (Fsp3) is 0.0833. The number of rotatable bonds is 3. The average molecular weight is 393 g/mol. The molecule has 5 N–H and O–H groups in total. The summed E-state index contributed by atoms with van der Waals surface area (Å²) in [5, 5.41) is -0.103. The van der Waals surface area contributed by atoms with Crippen molar-refractivity contribution in [2.75, 3.05) is 5.73 Å². The van der Waals surface area contributed by atoms with E-state index in [9.17, 15) is 13.6 Å². The summed E-state index contributed by atoms with van der Waals surface area (Å²) < 4.78 is 28.1. The Hall–Kier alpha value is -1.84. The highest BCUT2D eigenvalue weighted by atomic mass is 79.9. The highest BCUT2D eigenvalue weighted by molar-refractivity contribution is 9.10. The molecule has 1 aromatic heterocycles. The van der Waals surface area contributed by atoms with Gasteiger partial charge in [-0.2, -0.15) is 0 Å². The van der Waals surface area contributed by atoms with Gasteiger partial charge in [-0.3, -0.25) is 10.2 Å². The predicted octanol–water partition coefficient (Wildman–Crippen LogP) is 1.87. The number of anilines is 1. The van der Waals surface area contributed by atoms with Crippen LogP contribution in [0.2, 0.25) is 5.15 Å². The van der Waals surface area contributed by atoms with Crippen LogP contribution < -0.4 is 17.0 Å². The first-order chi connectivity index (χ1) is 10.4. The van der Waals surface area contributed by atoms with Crippen molar-refractivity contribution in [3.8, 4) is 0 Å². The maximum absolute atomic E-state index is 14.0. The molecule has 0 aliphatic heterocycles. The molecule has 0 aliphatic carbocycles. The summed E-state index contributed by atoms with van der Waals surface area (Å²) in [7, 11) is 0. The van der Waals surface area contributed by atoms with E-state index in [0.29, 0.717) is 0 Å². The van der Waals surface area contributed by atoms with Crippen LogP contribution in [0.15, 0.2) is 22.7 Å². The van der Waals surface area contributed by atoms with Gasteiger partial charge in [0, 0.05) is 5.56 Å². The van der Waals surface area contributed by atoms with Crippen molar-refractivity contribution in [3.63, 3.8) is 0 Å². The Balaban J connectivity index is 2.75. The zero-order chi connectivity index (χ0) is 16.4. The molecule has 2 rings (SSSR count). The van der Waals surface area contributed by atoms with E-state index in [1.807, 2.05) is 5.43 Å². The van der Waals surface area contributed by atoms with Crippen LogP contribution in [0.25, 0.3) is 0 Å². The number of hydrogen-bond acceptors (Lipinski definition) is 5. The van der Waals surface area contributed by atoms with E-state index in [-0.39, 0.29) is 21.3 Å². The number of hydrogen-bond donors (Lipinski definition) is 3. The number of nitrogens with one attached hydrogen (secondary N) is 1. The van der Waals surface area contributed by atoms with Crippen LogP contribution in [0.1, 0.15) is 17.2 Å². The Morgan fingerprint density at radius 2 is 1.91 bits per heavy atom. The number of halogens is 4. The van der Waals surface area contributed by atoms with Crippen molar-refractivity contribution in [3.05, 3.63) is 50.7 Å². The Morgan fingerprint density at radius 3 is 2.45 bits per heavy atom. The summed E-state index contributed by atoms with van der Waals surface area (Å²) in [6.45, 7) is 0. The van der Waals surface area contributed by atoms with Gasteiger partial charge in [0.2, 0.25) is 11.9 Å². The number of nitrogen functional groups attached to an aromatic ring is 1. The summed E-state index contributed by atoms with van der Waals surface area (Å²) >= 11 is 8.93. The highest BCUT2D eigenvalue weighted by Crippen LogP contribution is 2.35. The molecule has 116 valence electrons. The highest BCUT2D eigenvalue weighted by Gasteiger charge is 2.32. The number of carbonyl (C=O) groups is 1. The van der Waals surface area contributed by atoms with E-state index in [4.69, 9.17) is 23.2 Å². The molecule has 1 amide bonds. The van der Waals surface area contributed by atoms with Gasteiger partial charge in [-0.05, 0) is 28.1 Å². The van der Waals surface area contributed by atoms with Crippen molar-refractivity contribution in [1.82, 2.24) is 15.4 Å². The third-order valence-corrected chi connectivity index (χ3v) is 4.10. The summed E-state index contributed by atoms with van der Waals surface area (Å²) in [5.74, 6) is 0.592. The molecule has 6 nitrogen and oxygen atoms in total. The maximum Gasteiger partial charge on any atom is 0.247 e. The minimum Gasteiger partial charge on any atom is -0.368 e. The van der Waals surface area contributed by atoms with Crippen LogP contribution in [0.3, 0.4) is 0 Å². The van der Waals surface area contributed by atoms with Crippen LogP contribution in [0.5, 0.6) is 0 Å². The van der Waals surface area contributed by atoms with Crippen LogP contribution in [0.4, 0.5) is 14.7 Å². The third-order valence-electron chi connectivity index (χ3n) is 2.82. The van der Waals surface area contributed by atoms with Crippen LogP contribution in [0, 0.1) is 11.6 Å². The van der Waals surface area contributed by atoms with Crippen molar-refractivity contribution < 1.29 is 13.6 Å². The zero-order valence-corrected chi connectivity index (χ0v) is 13.1. The molecule has 0 aliphatic rings. The molecule has 1 atom stereocenters. The lowest BCUT2D eigenvalue weighted by molar-refractivity contribution is -0.121. The van der Waals surface area contributed by atoms with Gasteiger partial charge in [-0.15, -0.1) is 0 Å². The van der Waals surface area contributed by atoms with E-state index in [2.05, 4.69) is 25.9 Å². The summed E-state index contributed by atoms with van der Waals surface area (Å²) in [4.78, 5) is 19.6. The van der Waals surface area contributed by atoms with E-state index < -0.39 is 29.0 Å². The van der Waals surface area contributed by atoms with Crippen molar-refractivity contribution in [2.45, 2.75) is 5.92 Å². The summed E-state index contributed by atoms with van der Waals surface area (Å²) in [5.41, 5.74) is 6.69. The van der Waals surface area contributed by atoms with Gasteiger partial charge in [0.1, 0.15) is 22.7 Å². The SMILES string of the molecule is NNC(=O)C(c1nc(N)nc(Cl)c1Br)c1c(F)cccc1F. The first kappa shape index (κ1) is 16.5. The number of aromatic nitrogens is 2. The number of nitrogens with two attached hydrogens (primary N) is 2. The van der Waals surface area contributed by atoms with Crippen LogP contribution in [-0.4, -0.2) is 15.9 Å². The average Bonchev–Trinajstić information content (AvgIpc) is 2.46. The van der Waals surface area contributed by atoms with Crippen molar-refractivity contribution in [1.29, 1.82) is 0 Å². The Bertz CT molecular complexity index is 725. The number of nitrogens with zero attached hydrogens (tertiary/aromatic N) is 2. The van der Waals surface area contributed by atoms with Gasteiger partial charge in [0.05, 0.1) is 10.2 Å². The third kappa shape index (κ3) is 3.01. The summed E-state index contributed by atoms with van der Waals surface area (Å²) in [6.07, 6.45) is 0. The molecular formula is C12H9BrClF2N5O. The van der Waals surface area contributed by atoms with Crippen LogP contribution >= 0.6 is 27.5 Å². The number of benzene rings is 1. The number of hydrazine groups is 1. The van der Waals surface area contributed by atoms with E-state index in [1.54, 1.807) is 0 Å². The minimum atomic E-state index is -1.50. The molecule has 0 spiro atoms. The molecule has 2 aromatic rings. The van der Waals surface area contributed by atoms with Crippen molar-refractivity contribution in [2.24, 2.45) is 5.84 Å². The largest absolute Gasteiger partial charge is 0.368 e. The molecular weight excluding hydrogens is 384 g/mol. The molecule has 22 heavy (non-hydrogen) atoms. The van der Waals surface area contributed by atoms with Gasteiger partial charge in [0.25, 0.3) is 0 Å². The van der Waals surface area contributed by atoms with Gasteiger partial charge >= 0.3 is 0 Å². The normalized spacial score (nSPS) is 12.0. The van der Waals surface area contributed by atoms with Gasteiger partial charge in [-0.25, -0.2) is 24.6 Å². The zero-order valence-electron chi connectivity index (χ0n) is 10.8. The number of carbonyl (C=O) groups excluding carboxylic acids is 1. The number of amides is 1. The molecule has 0 radical (unpaired) electrons. The Morgan fingerprint density at radius 1 is 1.32 bits per heavy atom. The minimum absolute atomic E-state index is 0.0830. The first-order valence-corrected chi connectivity index (χ1v) is 6.96. The van der Waals surface area contributed by atoms with E-state index in [1.165, 1.54) is 6.07 Å². The standard InChI is InChI=1S/C12H9BrClF2N5O/c13-8-9(19-12(17)20-10(8)14)7(11(22)21-18)6-4(15)2-1-3-5(6)16/h1-3,7H,18H2,(H,21,22)(H2,17,19,20). The van der Waals surface area contributed by atoms with E-state index in [0.717, 1.165) is 12.1 Å². The molecule has 1 aromatic carbocycles. The fourth-order valence-electron chi connectivity index (χ4n) is 1.91. The monoisotopic (exact) mass is 391 g/mol. The maximum atomic E-state index is 14.0. The lowest BCUT2D eigenvalue weighted by atomic mass is 9.93. The lowest BCUT2D eigenvalue weighted by Gasteiger charge is -2.18. The smallest absolute Gasteiger partial charge is 0.247 e. The first-order valence-electron chi connectivity index (χ1n) is 5.79. The summed E-state index contributed by atoms with van der Waals surface area (Å²) in [6, 6.07) is 3.19. The van der Waals surface area contributed by atoms with Gasteiger partial charge in [0.15, 0.2) is 0 Å². The lowest BCUT2D eigenvalue weighted by Crippen LogP contribution is -2.36. The van der Waals surface area contributed by atoms with Crippen molar-refractivity contribution >= 4 is 39.4 Å². The van der Waals surface area contributed by atoms with Gasteiger partial charge < -0.3 is 5.73 Å². The molecule has 1 heterocycles. The topological polar surface area (TPSA) is 107 Å². The van der Waals surface area contributed by atoms with Crippen LogP contribution in [-0.2, 0) is 4.79 Å². The van der Waals surface area contributed by atoms with Gasteiger partial charge in [-0.1, -0.05) is 17.7 Å². The molecule has 0 saturated heterocycles. The van der Waals surface area contributed by atoms with E-state index >= 15 is 0 Å². The molecule has 0 fully saturated rings. The predicted molar refractivity (Wildman–Crippen MR) is 79.7 cm³/mol. The second-order valence-electron chi connectivity index (χ2n) is 4.15. The molecule has 0 saturated carbocycles. The molecule has 10 heteroatoms. The second-order valence-corrected chi connectivity index (χ2v) is 5.30. The fourth-order valence-corrected chi connectivity index (χ4v) is 2.50. The Labute approximate surface area is 137 Å². The molecule has 0 bridgehead atoms. The Kier molecular flexibility index (Phi) is 4.89.